The molecule has 0 aromatic carbocycles. The zero-order valence-electron chi connectivity index (χ0n) is 12.9. The van der Waals surface area contributed by atoms with Gasteiger partial charge in [-0.2, -0.15) is 0 Å². The largest absolute Gasteiger partial charge is 0.396 e. The second-order valence-corrected chi connectivity index (χ2v) is 4.57. The van der Waals surface area contributed by atoms with Crippen molar-refractivity contribution < 1.29 is 37.6 Å². The summed E-state index contributed by atoms with van der Waals surface area (Å²) in [5, 5.41) is 11.3. The number of aliphatic hydroxyl groups is 1. The molecule has 0 aliphatic heterocycles. The number of hydrogen-bond donors (Lipinski definition) is 3. The van der Waals surface area contributed by atoms with Gasteiger partial charge in [-0.15, -0.1) is 0 Å². The highest BCUT2D eigenvalue weighted by atomic mass is 20.0. The van der Waals surface area contributed by atoms with Gasteiger partial charge in [-0.3, -0.25) is 9.50 Å². The van der Waals surface area contributed by atoms with E-state index >= 15 is 0 Å². The Bertz CT molecular complexity index is 218. The van der Waals surface area contributed by atoms with E-state index in [0.29, 0.717) is 38.5 Å². The van der Waals surface area contributed by atoms with Gasteiger partial charge in [0, 0.05) is 44.7 Å². The fourth-order valence-electron chi connectivity index (χ4n) is 1.40. The summed E-state index contributed by atoms with van der Waals surface area (Å²) in [5.74, 6) is 0.339. The molecule has 0 aliphatic rings. The summed E-state index contributed by atoms with van der Waals surface area (Å²) < 4.78 is 37.2. The first-order valence-electron chi connectivity index (χ1n) is 6.58. The van der Waals surface area contributed by atoms with Crippen LogP contribution in [0.2, 0.25) is 0 Å². The van der Waals surface area contributed by atoms with E-state index in [9.17, 15) is 4.79 Å². The highest BCUT2D eigenvalue weighted by Gasteiger charge is 2.13. The Morgan fingerprint density at radius 1 is 1.04 bits per heavy atom. The number of hydrogen-bond acceptors (Lipinski definition) is 4. The third kappa shape index (κ3) is 43.5. The maximum Gasteiger partial charge on any atom is 0.236 e. The highest BCUT2D eigenvalue weighted by molar-refractivity contribution is 5.81. The van der Waals surface area contributed by atoms with Crippen LogP contribution in [0.4, 0.5) is 23.0 Å². The fraction of sp³-hybridized carbons (Fsp3) is 0.938. The van der Waals surface area contributed by atoms with Gasteiger partial charge in [0.15, 0.2) is 0 Å². The zero-order chi connectivity index (χ0) is 17.1. The second-order valence-electron chi connectivity index (χ2n) is 4.57. The number of halogens is 5. The van der Waals surface area contributed by atoms with E-state index in [2.05, 4.69) is 5.32 Å². The van der Waals surface area contributed by atoms with Crippen LogP contribution in [0.15, 0.2) is 0 Å². The molecule has 0 spiro atoms. The first-order valence-corrected chi connectivity index (χ1v) is 6.58. The van der Waals surface area contributed by atoms with Crippen LogP contribution >= 0.6 is 0 Å². The molecular formula is C16H43F5N2O3. The van der Waals surface area contributed by atoms with Gasteiger partial charge in [0.05, 0.1) is 6.04 Å². The summed E-state index contributed by atoms with van der Waals surface area (Å²) in [6.45, 7) is 5.99. The van der Waals surface area contributed by atoms with Crippen LogP contribution in [0, 0.1) is 5.92 Å². The van der Waals surface area contributed by atoms with Crippen molar-refractivity contribution in [1.82, 2.24) is 5.32 Å². The molecule has 1 amide bonds. The number of carbonyl (C=O) groups is 1. The Morgan fingerprint density at radius 3 is 1.85 bits per heavy atom. The molecule has 0 aliphatic carbocycles. The van der Waals surface area contributed by atoms with Gasteiger partial charge < -0.3 is 20.9 Å². The van der Waals surface area contributed by atoms with Gasteiger partial charge in [-0.25, -0.2) is 0 Å². The van der Waals surface area contributed by atoms with Crippen LogP contribution < -0.4 is 11.1 Å². The molecule has 5 nitrogen and oxygen atoms in total. The van der Waals surface area contributed by atoms with Gasteiger partial charge in [0.1, 0.15) is 0 Å². The summed E-state index contributed by atoms with van der Waals surface area (Å²) in [7, 11) is 0. The normalized spacial score (nSPS) is 8.81. The Morgan fingerprint density at radius 2 is 1.46 bits per heavy atom. The molecule has 0 aromatic heterocycles. The molecule has 0 rings (SSSR count). The average molecular weight is 407 g/mol. The maximum atomic E-state index is 11.5. The quantitative estimate of drug-likeness (QED) is 0.364. The Hall–Kier alpha value is -1.00. The molecule has 170 valence electrons. The van der Waals surface area contributed by atoms with Gasteiger partial charge in [-0.05, 0) is 25.2 Å². The number of carbonyl (C=O) groups excluding carboxylic acids is 1. The summed E-state index contributed by atoms with van der Waals surface area (Å²) >= 11 is 0. The van der Waals surface area contributed by atoms with Crippen molar-refractivity contribution in [2.24, 2.45) is 11.7 Å². The molecule has 1 unspecified atom stereocenters. The van der Waals surface area contributed by atoms with Crippen molar-refractivity contribution in [2.45, 2.75) is 68.9 Å². The number of rotatable bonds is 10. The summed E-state index contributed by atoms with van der Waals surface area (Å²) in [6.07, 6.45) is 2.13. The predicted molar refractivity (Wildman–Crippen MR) is 101 cm³/mol. The van der Waals surface area contributed by atoms with Crippen molar-refractivity contribution in [3.8, 4) is 0 Å². The molecule has 0 bridgehead atoms. The third-order valence-electron chi connectivity index (χ3n) is 2.27. The summed E-state index contributed by atoms with van der Waals surface area (Å²) in [6, 6.07) is -0.412. The van der Waals surface area contributed by atoms with Crippen LogP contribution in [0.25, 0.3) is 0 Å². The molecule has 4 N–H and O–H groups in total. The minimum absolute atomic E-state index is 0. The molecule has 10 heteroatoms. The zero-order valence-corrected chi connectivity index (χ0v) is 12.9. The van der Waals surface area contributed by atoms with Crippen LogP contribution in [-0.4, -0.2) is 43.4 Å². The molecule has 0 saturated heterocycles. The van der Waals surface area contributed by atoms with Gasteiger partial charge >= 0.3 is 0 Å². The van der Waals surface area contributed by atoms with E-state index in [1.165, 1.54) is 0 Å². The molecule has 1 atom stereocenters. The van der Waals surface area contributed by atoms with Gasteiger partial charge in [0.25, 0.3) is 0 Å². The van der Waals surface area contributed by atoms with Gasteiger partial charge in [0.2, 0.25) is 5.91 Å². The van der Waals surface area contributed by atoms with Crippen LogP contribution in [0.5, 0.6) is 0 Å². The van der Waals surface area contributed by atoms with E-state index in [-0.39, 0.29) is 46.9 Å². The topological polar surface area (TPSA) is 84.6 Å². The molecule has 26 heavy (non-hydrogen) atoms. The SMILES string of the molecule is C.C.C.C.CC(C)CC(N)C(=O)NCCCOCCCO.F.FF.FF. The van der Waals surface area contributed by atoms with Crippen molar-refractivity contribution in [2.75, 3.05) is 26.4 Å². The third-order valence-corrected chi connectivity index (χ3v) is 2.27. The Labute approximate surface area is 156 Å². The lowest BCUT2D eigenvalue weighted by molar-refractivity contribution is -0.122. The minimum atomic E-state index is -0.412. The van der Waals surface area contributed by atoms with Crippen molar-refractivity contribution >= 4 is 5.91 Å². The van der Waals surface area contributed by atoms with Crippen LogP contribution in [0.3, 0.4) is 0 Å². The number of amides is 1. The van der Waals surface area contributed by atoms with Gasteiger partial charge in [-0.1, -0.05) is 43.6 Å². The molecule has 0 saturated carbocycles. The molecule has 0 radical (unpaired) electrons. The van der Waals surface area contributed by atoms with E-state index in [0.717, 1.165) is 6.42 Å². The predicted octanol–water partition coefficient (Wildman–Crippen LogP) is 4.64. The molecule has 0 aromatic rings. The lowest BCUT2D eigenvalue weighted by Gasteiger charge is -2.14. The number of nitrogens with two attached hydrogens (primary N) is 1. The lowest BCUT2D eigenvalue weighted by atomic mass is 10.0. The van der Waals surface area contributed by atoms with Crippen LogP contribution in [-0.2, 0) is 9.53 Å². The van der Waals surface area contributed by atoms with Crippen molar-refractivity contribution in [1.29, 1.82) is 0 Å². The fourth-order valence-corrected chi connectivity index (χ4v) is 1.40. The van der Waals surface area contributed by atoms with E-state index in [1.54, 1.807) is 0 Å². The standard InChI is InChI=1S/C12H26N2O3.4CH4.2F2.FH/c1-10(2)9-11(13)12(16)14-5-3-7-17-8-4-6-15;;;;;2*1-2;/h10-11,15H,3-9,13H2,1-2H3,(H,14,16);4*1H4;;;1H. The number of aliphatic hydroxyl groups excluding tert-OH is 1. The summed E-state index contributed by atoms with van der Waals surface area (Å²) in [5.41, 5.74) is 5.73. The molecular weight excluding hydrogens is 363 g/mol. The van der Waals surface area contributed by atoms with Crippen molar-refractivity contribution in [3.63, 3.8) is 0 Å². The Kier molecular flexibility index (Phi) is 84.2. The lowest BCUT2D eigenvalue weighted by Crippen LogP contribution is -2.41. The number of ether oxygens (including phenoxy) is 1. The molecule has 0 heterocycles. The summed E-state index contributed by atoms with van der Waals surface area (Å²) in [4.78, 5) is 11.5. The monoisotopic (exact) mass is 406 g/mol. The highest BCUT2D eigenvalue weighted by Crippen LogP contribution is 2.02. The second kappa shape index (κ2) is 43.9. The smallest absolute Gasteiger partial charge is 0.236 e. The maximum absolute atomic E-state index is 11.5. The Balaban J connectivity index is -0.0000000558. The first kappa shape index (κ1) is 49.8. The van der Waals surface area contributed by atoms with Crippen LogP contribution in [0.1, 0.15) is 62.8 Å². The molecule has 0 fully saturated rings. The minimum Gasteiger partial charge on any atom is -0.396 e. The van der Waals surface area contributed by atoms with E-state index in [1.807, 2.05) is 13.8 Å². The number of nitrogens with one attached hydrogen (secondary N) is 1. The van der Waals surface area contributed by atoms with Crippen molar-refractivity contribution in [3.05, 3.63) is 0 Å². The van der Waals surface area contributed by atoms with E-state index in [4.69, 9.17) is 33.9 Å². The average Bonchev–Trinajstić information content (AvgIpc) is 2.49. The van der Waals surface area contributed by atoms with E-state index < -0.39 is 6.04 Å². The first-order chi connectivity index (χ1) is 10.1.